The molecule has 0 aliphatic rings. The predicted octanol–water partition coefficient (Wildman–Crippen LogP) is 2.34. The van der Waals surface area contributed by atoms with Gasteiger partial charge in [-0.05, 0) is 26.0 Å². The van der Waals surface area contributed by atoms with Gasteiger partial charge in [-0.2, -0.15) is 0 Å². The van der Waals surface area contributed by atoms with E-state index in [0.717, 1.165) is 51.7 Å². The molecule has 2 N–H and O–H groups in total. The molecule has 0 unspecified atom stereocenters. The van der Waals surface area contributed by atoms with E-state index in [4.69, 9.17) is 9.47 Å². The van der Waals surface area contributed by atoms with E-state index in [2.05, 4.69) is 46.6 Å². The zero-order valence-corrected chi connectivity index (χ0v) is 18.7. The molecule has 0 radical (unpaired) electrons. The average molecular weight is 478 g/mol. The van der Waals surface area contributed by atoms with Crippen molar-refractivity contribution in [2.24, 2.45) is 4.99 Å². The number of halogens is 1. The minimum Gasteiger partial charge on any atom is -0.385 e. The molecular weight excluding hydrogens is 443 g/mol. The van der Waals surface area contributed by atoms with Gasteiger partial charge in [-0.15, -0.1) is 24.0 Å². The molecule has 0 heterocycles. The Balaban J connectivity index is 0.00000625. The lowest BCUT2D eigenvalue weighted by Crippen LogP contribution is -2.39. The predicted molar refractivity (Wildman–Crippen MR) is 119 cm³/mol. The number of guanidine groups is 1. The number of aliphatic imine (C=N–C) groups is 1. The fraction of sp³-hybridized carbons (Fsp3) is 0.632. The van der Waals surface area contributed by atoms with E-state index in [1.54, 1.807) is 7.11 Å². The highest BCUT2D eigenvalue weighted by molar-refractivity contribution is 14.0. The molecule has 0 atom stereocenters. The van der Waals surface area contributed by atoms with Gasteiger partial charge in [-0.1, -0.05) is 30.3 Å². The summed E-state index contributed by atoms with van der Waals surface area (Å²) in [5, 5.41) is 6.57. The van der Waals surface area contributed by atoms with Crippen LogP contribution in [-0.4, -0.2) is 71.0 Å². The fourth-order valence-electron chi connectivity index (χ4n) is 2.27. The molecule has 6 nitrogen and oxygen atoms in total. The summed E-state index contributed by atoms with van der Waals surface area (Å²) in [7, 11) is 3.85. The maximum absolute atomic E-state index is 5.68. The third kappa shape index (κ3) is 13.3. The van der Waals surface area contributed by atoms with Crippen molar-refractivity contribution in [3.63, 3.8) is 0 Å². The SMILES string of the molecule is CCNC(=NCCN(C)CCCOC)NCCOCc1ccccc1.I. The Bertz CT molecular complexity index is 460. The summed E-state index contributed by atoms with van der Waals surface area (Å²) in [5.41, 5.74) is 1.19. The van der Waals surface area contributed by atoms with Gasteiger partial charge in [-0.25, -0.2) is 0 Å². The van der Waals surface area contributed by atoms with Crippen molar-refractivity contribution in [1.29, 1.82) is 0 Å². The molecule has 1 aromatic carbocycles. The summed E-state index contributed by atoms with van der Waals surface area (Å²) < 4.78 is 10.8. The third-order valence-electron chi connectivity index (χ3n) is 3.63. The van der Waals surface area contributed by atoms with Crippen LogP contribution in [0.2, 0.25) is 0 Å². The van der Waals surface area contributed by atoms with Crippen LogP contribution in [0.25, 0.3) is 0 Å². The Labute approximate surface area is 175 Å². The largest absolute Gasteiger partial charge is 0.385 e. The monoisotopic (exact) mass is 478 g/mol. The van der Waals surface area contributed by atoms with Gasteiger partial charge >= 0.3 is 0 Å². The molecule has 0 aliphatic heterocycles. The van der Waals surface area contributed by atoms with Crippen molar-refractivity contribution in [3.05, 3.63) is 35.9 Å². The first-order chi connectivity index (χ1) is 12.3. The first kappa shape index (κ1) is 25.1. The Morgan fingerprint density at radius 1 is 1.12 bits per heavy atom. The van der Waals surface area contributed by atoms with E-state index in [1.165, 1.54) is 5.56 Å². The first-order valence-corrected chi connectivity index (χ1v) is 9.07. The number of hydrogen-bond acceptors (Lipinski definition) is 4. The van der Waals surface area contributed by atoms with Crippen LogP contribution in [0.1, 0.15) is 18.9 Å². The lowest BCUT2D eigenvalue weighted by molar-refractivity contribution is 0.125. The second kappa shape index (κ2) is 17.5. The molecule has 0 saturated heterocycles. The highest BCUT2D eigenvalue weighted by Crippen LogP contribution is 1.99. The van der Waals surface area contributed by atoms with E-state index in [1.807, 2.05) is 18.2 Å². The summed E-state index contributed by atoms with van der Waals surface area (Å²) in [6.45, 7) is 8.48. The molecule has 150 valence electrons. The van der Waals surface area contributed by atoms with Crippen molar-refractivity contribution >= 4 is 29.9 Å². The number of nitrogens with one attached hydrogen (secondary N) is 2. The minimum absolute atomic E-state index is 0. The van der Waals surface area contributed by atoms with Crippen LogP contribution in [0.5, 0.6) is 0 Å². The van der Waals surface area contributed by atoms with E-state index in [9.17, 15) is 0 Å². The summed E-state index contributed by atoms with van der Waals surface area (Å²) in [6, 6.07) is 10.2. The molecule has 0 bridgehead atoms. The van der Waals surface area contributed by atoms with Crippen LogP contribution in [-0.2, 0) is 16.1 Å². The van der Waals surface area contributed by atoms with Crippen LogP contribution in [0, 0.1) is 0 Å². The number of hydrogen-bond donors (Lipinski definition) is 2. The Morgan fingerprint density at radius 3 is 2.58 bits per heavy atom. The number of nitrogens with zero attached hydrogens (tertiary/aromatic N) is 2. The molecule has 0 spiro atoms. The molecule has 7 heteroatoms. The highest BCUT2D eigenvalue weighted by Gasteiger charge is 2.00. The Kier molecular flexibility index (Phi) is 16.9. The van der Waals surface area contributed by atoms with Crippen LogP contribution in [0.3, 0.4) is 0 Å². The van der Waals surface area contributed by atoms with E-state index < -0.39 is 0 Å². The molecule has 0 aromatic heterocycles. The molecule has 1 rings (SSSR count). The maximum atomic E-state index is 5.68. The van der Waals surface area contributed by atoms with Gasteiger partial charge in [0.15, 0.2) is 5.96 Å². The fourth-order valence-corrected chi connectivity index (χ4v) is 2.27. The van der Waals surface area contributed by atoms with Crippen LogP contribution in [0.4, 0.5) is 0 Å². The standard InChI is InChI=1S/C19H34N4O2.HI/c1-4-20-19(21-11-14-23(2)13-8-15-24-3)22-12-16-25-17-18-9-6-5-7-10-18;/h5-7,9-10H,4,8,11-17H2,1-3H3,(H2,20,21,22);1H. The smallest absolute Gasteiger partial charge is 0.191 e. The second-order valence-electron chi connectivity index (χ2n) is 5.88. The molecule has 1 aromatic rings. The van der Waals surface area contributed by atoms with Gasteiger partial charge in [0.25, 0.3) is 0 Å². The lowest BCUT2D eigenvalue weighted by atomic mass is 10.2. The Morgan fingerprint density at radius 2 is 1.88 bits per heavy atom. The summed E-state index contributed by atoms with van der Waals surface area (Å²) in [4.78, 5) is 6.88. The van der Waals surface area contributed by atoms with Gasteiger partial charge in [0.05, 0.1) is 19.8 Å². The van der Waals surface area contributed by atoms with Crippen LogP contribution >= 0.6 is 24.0 Å². The summed E-state index contributed by atoms with van der Waals surface area (Å²) in [5.74, 6) is 0.844. The van der Waals surface area contributed by atoms with Gasteiger partial charge in [0, 0.05) is 39.9 Å². The molecule has 0 aliphatic carbocycles. The van der Waals surface area contributed by atoms with Crippen molar-refractivity contribution in [1.82, 2.24) is 15.5 Å². The number of ether oxygens (including phenoxy) is 2. The quantitative estimate of drug-likeness (QED) is 0.197. The molecule has 26 heavy (non-hydrogen) atoms. The average Bonchev–Trinajstić information content (AvgIpc) is 2.62. The summed E-state index contributed by atoms with van der Waals surface area (Å²) in [6.07, 6.45) is 1.05. The van der Waals surface area contributed by atoms with Crippen molar-refractivity contribution in [2.45, 2.75) is 20.0 Å². The van der Waals surface area contributed by atoms with Crippen molar-refractivity contribution < 1.29 is 9.47 Å². The summed E-state index contributed by atoms with van der Waals surface area (Å²) >= 11 is 0. The molecular formula is C19H35IN4O2. The Hall–Kier alpha value is -0.900. The van der Waals surface area contributed by atoms with Gasteiger partial charge in [0.1, 0.15) is 0 Å². The van der Waals surface area contributed by atoms with E-state index in [-0.39, 0.29) is 24.0 Å². The molecule has 0 saturated carbocycles. The minimum atomic E-state index is 0. The number of likely N-dealkylation sites (N-methyl/N-ethyl adjacent to an activating group) is 1. The topological polar surface area (TPSA) is 58.1 Å². The third-order valence-corrected chi connectivity index (χ3v) is 3.63. The molecule has 0 fully saturated rings. The lowest BCUT2D eigenvalue weighted by Gasteiger charge is -2.16. The van der Waals surface area contributed by atoms with E-state index >= 15 is 0 Å². The zero-order chi connectivity index (χ0) is 18.2. The van der Waals surface area contributed by atoms with E-state index in [0.29, 0.717) is 13.2 Å². The number of methoxy groups -OCH3 is 1. The van der Waals surface area contributed by atoms with Crippen molar-refractivity contribution in [3.8, 4) is 0 Å². The number of benzene rings is 1. The second-order valence-corrected chi connectivity index (χ2v) is 5.88. The zero-order valence-electron chi connectivity index (χ0n) is 16.4. The first-order valence-electron chi connectivity index (χ1n) is 9.07. The van der Waals surface area contributed by atoms with Gasteiger partial charge < -0.3 is 25.0 Å². The number of rotatable bonds is 13. The van der Waals surface area contributed by atoms with Crippen molar-refractivity contribution in [2.75, 3.05) is 60.1 Å². The maximum Gasteiger partial charge on any atom is 0.191 e. The van der Waals surface area contributed by atoms with Gasteiger partial charge in [-0.3, -0.25) is 4.99 Å². The van der Waals surface area contributed by atoms with Gasteiger partial charge in [0.2, 0.25) is 0 Å². The molecule has 0 amide bonds. The normalized spacial score (nSPS) is 11.3. The highest BCUT2D eigenvalue weighted by atomic mass is 127. The van der Waals surface area contributed by atoms with Crippen LogP contribution < -0.4 is 10.6 Å². The van der Waals surface area contributed by atoms with Crippen LogP contribution in [0.15, 0.2) is 35.3 Å².